The third-order valence-corrected chi connectivity index (χ3v) is 5.21. The minimum Gasteiger partial charge on any atom is -0.344 e. The summed E-state index contributed by atoms with van der Waals surface area (Å²) in [7, 11) is 1.90. The smallest absolute Gasteiger partial charge is 0.236 e. The molecule has 2 heterocycles. The van der Waals surface area contributed by atoms with Crippen molar-refractivity contribution in [2.45, 2.75) is 6.42 Å². The molecule has 5 nitrogen and oxygen atoms in total. The van der Waals surface area contributed by atoms with E-state index >= 15 is 0 Å². The van der Waals surface area contributed by atoms with E-state index in [4.69, 9.17) is 0 Å². The van der Waals surface area contributed by atoms with Crippen molar-refractivity contribution in [1.29, 1.82) is 0 Å². The molecule has 1 aromatic carbocycles. The molecule has 0 aliphatic carbocycles. The summed E-state index contributed by atoms with van der Waals surface area (Å²) in [5, 5.41) is 0. The highest BCUT2D eigenvalue weighted by Crippen LogP contribution is 2.06. The van der Waals surface area contributed by atoms with E-state index in [2.05, 4.69) is 51.2 Å². The number of amides is 1. The van der Waals surface area contributed by atoms with E-state index in [-0.39, 0.29) is 5.91 Å². The van der Waals surface area contributed by atoms with Gasteiger partial charge in [-0.15, -0.1) is 0 Å². The molecule has 0 bridgehead atoms. The molecule has 1 aliphatic rings. The largest absolute Gasteiger partial charge is 0.344 e. The zero-order chi connectivity index (χ0) is 19.6. The molecule has 1 fully saturated rings. The van der Waals surface area contributed by atoms with Gasteiger partial charge >= 0.3 is 0 Å². The fourth-order valence-electron chi connectivity index (χ4n) is 3.31. The first kappa shape index (κ1) is 20.2. The summed E-state index contributed by atoms with van der Waals surface area (Å²) in [6, 6.07) is 14.4. The SMILES string of the molecule is CN(CCc1ccncc1)C(=O)CN1CCN(C/C=C/c2ccccc2)CC1. The van der Waals surface area contributed by atoms with Gasteiger partial charge in [0.25, 0.3) is 0 Å². The number of likely N-dealkylation sites (N-methyl/N-ethyl adjacent to an activating group) is 1. The van der Waals surface area contributed by atoms with Crippen LogP contribution in [-0.2, 0) is 11.2 Å². The molecule has 5 heteroatoms. The van der Waals surface area contributed by atoms with Gasteiger partial charge in [0.05, 0.1) is 6.54 Å². The second-order valence-corrected chi connectivity index (χ2v) is 7.31. The van der Waals surface area contributed by atoms with Gasteiger partial charge in [-0.05, 0) is 29.7 Å². The van der Waals surface area contributed by atoms with Gasteiger partial charge in [-0.1, -0.05) is 42.5 Å². The van der Waals surface area contributed by atoms with Crippen molar-refractivity contribution >= 4 is 12.0 Å². The Labute approximate surface area is 168 Å². The average Bonchev–Trinajstić information content (AvgIpc) is 2.75. The summed E-state index contributed by atoms with van der Waals surface area (Å²) in [5.41, 5.74) is 2.45. The van der Waals surface area contributed by atoms with Crippen molar-refractivity contribution in [3.05, 3.63) is 72.1 Å². The number of carbonyl (C=O) groups is 1. The number of carbonyl (C=O) groups excluding carboxylic acids is 1. The Morgan fingerprint density at radius 1 is 1.04 bits per heavy atom. The number of nitrogens with zero attached hydrogens (tertiary/aromatic N) is 4. The van der Waals surface area contributed by atoms with Gasteiger partial charge in [0.2, 0.25) is 5.91 Å². The second kappa shape index (κ2) is 10.7. The van der Waals surface area contributed by atoms with Crippen molar-refractivity contribution in [3.8, 4) is 0 Å². The van der Waals surface area contributed by atoms with Crippen LogP contribution in [0.2, 0.25) is 0 Å². The van der Waals surface area contributed by atoms with Crippen LogP contribution in [0.3, 0.4) is 0 Å². The lowest BCUT2D eigenvalue weighted by atomic mass is 10.2. The minimum atomic E-state index is 0.200. The predicted octanol–water partition coefficient (Wildman–Crippen LogP) is 2.41. The monoisotopic (exact) mass is 378 g/mol. The Balaban J connectivity index is 1.34. The van der Waals surface area contributed by atoms with Crippen molar-refractivity contribution < 1.29 is 4.79 Å². The number of hydrogen-bond donors (Lipinski definition) is 0. The third-order valence-electron chi connectivity index (χ3n) is 5.21. The first-order valence-electron chi connectivity index (χ1n) is 10.00. The van der Waals surface area contributed by atoms with Crippen molar-refractivity contribution in [2.75, 3.05) is 52.9 Å². The first-order valence-corrected chi connectivity index (χ1v) is 10.00. The lowest BCUT2D eigenvalue weighted by Crippen LogP contribution is -2.49. The molecule has 0 radical (unpaired) electrons. The summed E-state index contributed by atoms with van der Waals surface area (Å²) in [6.07, 6.45) is 8.86. The quantitative estimate of drug-likeness (QED) is 0.707. The van der Waals surface area contributed by atoms with E-state index in [1.165, 1.54) is 11.1 Å². The zero-order valence-corrected chi connectivity index (χ0v) is 16.7. The van der Waals surface area contributed by atoms with Crippen LogP contribution >= 0.6 is 0 Å². The number of rotatable bonds is 8. The van der Waals surface area contributed by atoms with E-state index in [0.717, 1.165) is 45.7 Å². The highest BCUT2D eigenvalue weighted by molar-refractivity contribution is 5.78. The van der Waals surface area contributed by atoms with Gasteiger partial charge < -0.3 is 4.90 Å². The van der Waals surface area contributed by atoms with Gasteiger partial charge in [0.1, 0.15) is 0 Å². The molecule has 0 unspecified atom stereocenters. The Hall–Kier alpha value is -2.50. The summed E-state index contributed by atoms with van der Waals surface area (Å²) < 4.78 is 0. The Kier molecular flexibility index (Phi) is 7.76. The molecular formula is C23H30N4O. The van der Waals surface area contributed by atoms with E-state index < -0.39 is 0 Å². The fraction of sp³-hybridized carbons (Fsp3) is 0.391. The fourth-order valence-corrected chi connectivity index (χ4v) is 3.31. The molecule has 1 amide bonds. The van der Waals surface area contributed by atoms with E-state index in [1.807, 2.05) is 30.1 Å². The van der Waals surface area contributed by atoms with E-state index in [9.17, 15) is 4.79 Å². The zero-order valence-electron chi connectivity index (χ0n) is 16.7. The number of hydrogen-bond acceptors (Lipinski definition) is 4. The standard InChI is InChI=1S/C23H30N4O/c1-25(15-11-22-9-12-24-13-10-22)23(28)20-27-18-16-26(17-19-27)14-5-8-21-6-3-2-4-7-21/h2-10,12-13H,11,14-20H2,1H3/b8-5+. The van der Waals surface area contributed by atoms with Crippen LogP contribution in [0.5, 0.6) is 0 Å². The maximum atomic E-state index is 12.5. The summed E-state index contributed by atoms with van der Waals surface area (Å²) in [4.78, 5) is 23.1. The molecule has 28 heavy (non-hydrogen) atoms. The molecule has 0 atom stereocenters. The number of pyridine rings is 1. The summed E-state index contributed by atoms with van der Waals surface area (Å²) >= 11 is 0. The van der Waals surface area contributed by atoms with Crippen LogP contribution in [0.25, 0.3) is 6.08 Å². The van der Waals surface area contributed by atoms with Crippen molar-refractivity contribution in [3.63, 3.8) is 0 Å². The van der Waals surface area contributed by atoms with Crippen LogP contribution in [0, 0.1) is 0 Å². The Morgan fingerprint density at radius 3 is 2.43 bits per heavy atom. The molecule has 0 saturated carbocycles. The predicted molar refractivity (Wildman–Crippen MR) is 114 cm³/mol. The van der Waals surface area contributed by atoms with Crippen molar-refractivity contribution in [2.24, 2.45) is 0 Å². The molecule has 3 rings (SSSR count). The number of benzene rings is 1. The van der Waals surface area contributed by atoms with Gasteiger partial charge in [0, 0.05) is 58.7 Å². The van der Waals surface area contributed by atoms with Gasteiger partial charge in [0.15, 0.2) is 0 Å². The normalized spacial score (nSPS) is 15.8. The average molecular weight is 379 g/mol. The topological polar surface area (TPSA) is 39.7 Å². The molecule has 1 aromatic heterocycles. The van der Waals surface area contributed by atoms with Crippen LogP contribution in [0.4, 0.5) is 0 Å². The van der Waals surface area contributed by atoms with Gasteiger partial charge in [-0.3, -0.25) is 19.6 Å². The van der Waals surface area contributed by atoms with E-state index in [1.54, 1.807) is 12.4 Å². The Morgan fingerprint density at radius 2 is 1.71 bits per heavy atom. The van der Waals surface area contributed by atoms with Crippen LogP contribution in [0.1, 0.15) is 11.1 Å². The summed E-state index contributed by atoms with van der Waals surface area (Å²) in [6.45, 7) is 6.13. The highest BCUT2D eigenvalue weighted by atomic mass is 16.2. The van der Waals surface area contributed by atoms with Gasteiger partial charge in [-0.25, -0.2) is 0 Å². The maximum absolute atomic E-state index is 12.5. The molecule has 148 valence electrons. The molecule has 2 aromatic rings. The highest BCUT2D eigenvalue weighted by Gasteiger charge is 2.19. The first-order chi connectivity index (χ1) is 13.7. The summed E-state index contributed by atoms with van der Waals surface area (Å²) in [5.74, 6) is 0.200. The van der Waals surface area contributed by atoms with Crippen LogP contribution < -0.4 is 0 Å². The molecule has 0 spiro atoms. The Bertz CT molecular complexity index is 740. The van der Waals surface area contributed by atoms with Crippen molar-refractivity contribution in [1.82, 2.24) is 19.7 Å². The lowest BCUT2D eigenvalue weighted by molar-refractivity contribution is -0.131. The third kappa shape index (κ3) is 6.59. The molecule has 1 aliphatic heterocycles. The number of aromatic nitrogens is 1. The lowest BCUT2D eigenvalue weighted by Gasteiger charge is -2.34. The van der Waals surface area contributed by atoms with Crippen LogP contribution in [-0.4, -0.2) is 78.5 Å². The molecule has 1 saturated heterocycles. The van der Waals surface area contributed by atoms with Gasteiger partial charge in [-0.2, -0.15) is 0 Å². The second-order valence-electron chi connectivity index (χ2n) is 7.31. The van der Waals surface area contributed by atoms with E-state index in [0.29, 0.717) is 6.54 Å². The van der Waals surface area contributed by atoms with Crippen LogP contribution in [0.15, 0.2) is 60.9 Å². The molecular weight excluding hydrogens is 348 g/mol. The number of piperazine rings is 1. The minimum absolute atomic E-state index is 0.200. The molecule has 0 N–H and O–H groups in total. The maximum Gasteiger partial charge on any atom is 0.236 e.